The molecule has 0 saturated heterocycles. The largest absolute Gasteiger partial charge is 0.389 e. The predicted molar refractivity (Wildman–Crippen MR) is 83.1 cm³/mol. The SMILES string of the molecule is CCN(CC)CCCNc1c(F)cc(C(N)=S)cc1F. The summed E-state index contributed by atoms with van der Waals surface area (Å²) in [5.41, 5.74) is 5.44. The molecule has 1 aromatic carbocycles. The molecule has 0 aliphatic rings. The molecule has 0 spiro atoms. The van der Waals surface area contributed by atoms with Gasteiger partial charge in [0.1, 0.15) is 22.3 Å². The lowest BCUT2D eigenvalue weighted by atomic mass is 10.2. The predicted octanol–water partition coefficient (Wildman–Crippen LogP) is 2.74. The number of nitrogens with two attached hydrogens (primary N) is 1. The molecule has 6 heteroatoms. The third-order valence-electron chi connectivity index (χ3n) is 3.17. The smallest absolute Gasteiger partial charge is 0.150 e. The topological polar surface area (TPSA) is 41.3 Å². The first-order chi connectivity index (χ1) is 9.49. The highest BCUT2D eigenvalue weighted by molar-refractivity contribution is 7.80. The zero-order chi connectivity index (χ0) is 15.1. The molecule has 3 N–H and O–H groups in total. The summed E-state index contributed by atoms with van der Waals surface area (Å²) in [6.45, 7) is 7.53. The molecular weight excluding hydrogens is 280 g/mol. The molecular formula is C14H21F2N3S. The van der Waals surface area contributed by atoms with E-state index in [9.17, 15) is 8.78 Å². The van der Waals surface area contributed by atoms with Crippen LogP contribution in [0.15, 0.2) is 12.1 Å². The van der Waals surface area contributed by atoms with Gasteiger partial charge in [-0.05, 0) is 38.2 Å². The van der Waals surface area contributed by atoms with Crippen LogP contribution < -0.4 is 11.1 Å². The Morgan fingerprint density at radius 2 is 1.80 bits per heavy atom. The van der Waals surface area contributed by atoms with Gasteiger partial charge in [0.05, 0.1) is 0 Å². The maximum Gasteiger partial charge on any atom is 0.150 e. The lowest BCUT2D eigenvalue weighted by Gasteiger charge is -2.18. The Morgan fingerprint density at radius 1 is 1.25 bits per heavy atom. The van der Waals surface area contributed by atoms with Gasteiger partial charge in [-0.2, -0.15) is 0 Å². The van der Waals surface area contributed by atoms with Gasteiger partial charge in [0.2, 0.25) is 0 Å². The minimum absolute atomic E-state index is 0.0177. The Kier molecular flexibility index (Phi) is 6.81. The molecule has 0 saturated carbocycles. The van der Waals surface area contributed by atoms with E-state index in [1.165, 1.54) is 0 Å². The van der Waals surface area contributed by atoms with E-state index in [1.807, 2.05) is 0 Å². The Hall–Kier alpha value is -1.27. The van der Waals surface area contributed by atoms with E-state index in [-0.39, 0.29) is 16.2 Å². The fraction of sp³-hybridized carbons (Fsp3) is 0.500. The molecule has 0 unspecified atom stereocenters. The van der Waals surface area contributed by atoms with Crippen molar-refractivity contribution in [1.82, 2.24) is 4.90 Å². The number of nitrogens with one attached hydrogen (secondary N) is 1. The zero-order valence-corrected chi connectivity index (χ0v) is 12.7. The van der Waals surface area contributed by atoms with Crippen LogP contribution in [0.1, 0.15) is 25.8 Å². The van der Waals surface area contributed by atoms with Gasteiger partial charge in [-0.1, -0.05) is 26.1 Å². The number of halogens is 2. The summed E-state index contributed by atoms with van der Waals surface area (Å²) >= 11 is 4.70. The van der Waals surface area contributed by atoms with E-state index in [4.69, 9.17) is 18.0 Å². The van der Waals surface area contributed by atoms with Crippen molar-refractivity contribution >= 4 is 22.9 Å². The standard InChI is InChI=1S/C14H21F2N3S/c1-3-19(4-2)7-5-6-18-13-11(15)8-10(14(17)20)9-12(13)16/h8-9,18H,3-7H2,1-2H3,(H2,17,20). The van der Waals surface area contributed by atoms with E-state index in [2.05, 4.69) is 24.1 Å². The molecule has 112 valence electrons. The van der Waals surface area contributed by atoms with Gasteiger partial charge in [-0.3, -0.25) is 0 Å². The van der Waals surface area contributed by atoms with Crippen LogP contribution in [0.4, 0.5) is 14.5 Å². The zero-order valence-electron chi connectivity index (χ0n) is 11.9. The van der Waals surface area contributed by atoms with Crippen LogP contribution in [-0.4, -0.2) is 36.1 Å². The minimum atomic E-state index is -0.671. The fourth-order valence-corrected chi connectivity index (χ4v) is 2.06. The highest BCUT2D eigenvalue weighted by Crippen LogP contribution is 2.20. The van der Waals surface area contributed by atoms with E-state index >= 15 is 0 Å². The second-order valence-corrected chi connectivity index (χ2v) is 4.93. The van der Waals surface area contributed by atoms with Crippen LogP contribution in [0, 0.1) is 11.6 Å². The molecule has 0 amide bonds. The highest BCUT2D eigenvalue weighted by atomic mass is 32.1. The number of benzene rings is 1. The first-order valence-electron chi connectivity index (χ1n) is 6.74. The Balaban J connectivity index is 2.58. The van der Waals surface area contributed by atoms with E-state index < -0.39 is 11.6 Å². The molecule has 3 nitrogen and oxygen atoms in total. The van der Waals surface area contributed by atoms with E-state index in [0.29, 0.717) is 6.54 Å². The highest BCUT2D eigenvalue weighted by Gasteiger charge is 2.12. The van der Waals surface area contributed by atoms with Crippen molar-refractivity contribution in [2.24, 2.45) is 5.73 Å². The number of anilines is 1. The normalized spacial score (nSPS) is 10.8. The summed E-state index contributed by atoms with van der Waals surface area (Å²) in [6, 6.07) is 2.30. The number of hydrogen-bond acceptors (Lipinski definition) is 3. The molecule has 0 radical (unpaired) electrons. The summed E-state index contributed by atoms with van der Waals surface area (Å²) < 4.78 is 27.5. The van der Waals surface area contributed by atoms with Gasteiger partial charge in [0.15, 0.2) is 0 Å². The van der Waals surface area contributed by atoms with E-state index in [1.54, 1.807) is 0 Å². The van der Waals surface area contributed by atoms with Crippen LogP contribution in [0.5, 0.6) is 0 Å². The first-order valence-corrected chi connectivity index (χ1v) is 7.15. The van der Waals surface area contributed by atoms with Crippen LogP contribution >= 0.6 is 12.2 Å². The van der Waals surface area contributed by atoms with Gasteiger partial charge >= 0.3 is 0 Å². The van der Waals surface area contributed by atoms with Crippen molar-refractivity contribution in [3.05, 3.63) is 29.3 Å². The summed E-state index contributed by atoms with van der Waals surface area (Å²) in [4.78, 5) is 2.24. The Bertz CT molecular complexity index is 439. The minimum Gasteiger partial charge on any atom is -0.389 e. The average Bonchev–Trinajstić information content (AvgIpc) is 2.41. The van der Waals surface area contributed by atoms with Crippen LogP contribution in [0.2, 0.25) is 0 Å². The average molecular weight is 301 g/mol. The number of hydrogen-bond donors (Lipinski definition) is 2. The van der Waals surface area contributed by atoms with Gasteiger partial charge < -0.3 is 16.0 Å². The lowest BCUT2D eigenvalue weighted by Crippen LogP contribution is -2.25. The Labute approximate surface area is 124 Å². The number of nitrogens with zero attached hydrogens (tertiary/aromatic N) is 1. The molecule has 0 heterocycles. The third-order valence-corrected chi connectivity index (χ3v) is 3.41. The van der Waals surface area contributed by atoms with Crippen LogP contribution in [-0.2, 0) is 0 Å². The molecule has 1 rings (SSSR count). The molecule has 0 aromatic heterocycles. The van der Waals surface area contributed by atoms with Crippen molar-refractivity contribution in [3.8, 4) is 0 Å². The summed E-state index contributed by atoms with van der Waals surface area (Å²) in [5, 5.41) is 2.79. The fourth-order valence-electron chi connectivity index (χ4n) is 1.94. The van der Waals surface area contributed by atoms with Crippen molar-refractivity contribution in [3.63, 3.8) is 0 Å². The van der Waals surface area contributed by atoms with Crippen molar-refractivity contribution in [2.75, 3.05) is 31.5 Å². The molecule has 20 heavy (non-hydrogen) atoms. The second kappa shape index (κ2) is 8.11. The van der Waals surface area contributed by atoms with E-state index in [0.717, 1.165) is 38.2 Å². The monoisotopic (exact) mass is 301 g/mol. The first kappa shape index (κ1) is 16.8. The molecule has 0 aliphatic carbocycles. The van der Waals surface area contributed by atoms with Gasteiger partial charge in [0, 0.05) is 12.1 Å². The van der Waals surface area contributed by atoms with Crippen LogP contribution in [0.3, 0.4) is 0 Å². The molecule has 0 bridgehead atoms. The van der Waals surface area contributed by atoms with Gasteiger partial charge in [-0.15, -0.1) is 0 Å². The molecule has 0 aliphatic heterocycles. The summed E-state index contributed by atoms with van der Waals surface area (Å²) in [6.07, 6.45) is 0.817. The number of rotatable bonds is 8. The Morgan fingerprint density at radius 3 is 2.25 bits per heavy atom. The maximum absolute atomic E-state index is 13.8. The van der Waals surface area contributed by atoms with Crippen molar-refractivity contribution in [1.29, 1.82) is 0 Å². The van der Waals surface area contributed by atoms with Crippen molar-refractivity contribution < 1.29 is 8.78 Å². The number of thiocarbonyl (C=S) groups is 1. The lowest BCUT2D eigenvalue weighted by molar-refractivity contribution is 0.303. The summed E-state index contributed by atoms with van der Waals surface area (Å²) in [5.74, 6) is -1.34. The summed E-state index contributed by atoms with van der Waals surface area (Å²) in [7, 11) is 0. The quantitative estimate of drug-likeness (QED) is 0.572. The maximum atomic E-state index is 13.8. The molecule has 0 atom stereocenters. The van der Waals surface area contributed by atoms with Crippen molar-refractivity contribution in [2.45, 2.75) is 20.3 Å². The second-order valence-electron chi connectivity index (χ2n) is 4.49. The molecule has 0 fully saturated rings. The van der Waals surface area contributed by atoms with Gasteiger partial charge in [-0.25, -0.2) is 8.78 Å². The van der Waals surface area contributed by atoms with Crippen LogP contribution in [0.25, 0.3) is 0 Å². The van der Waals surface area contributed by atoms with Gasteiger partial charge in [0.25, 0.3) is 0 Å². The third kappa shape index (κ3) is 4.68. The molecule has 1 aromatic rings.